The number of anilines is 1. The molecule has 1 amide bonds. The molecule has 3 nitrogen and oxygen atoms in total. The van der Waals surface area contributed by atoms with Crippen LogP contribution in [0, 0.1) is 0 Å². The average Bonchev–Trinajstić information content (AvgIpc) is 3.34. The number of amides is 1. The maximum Gasteiger partial charge on any atom is 0.238 e. The van der Waals surface area contributed by atoms with Crippen LogP contribution in [-0.4, -0.2) is 12.5 Å². The molecule has 2 aromatic carbocycles. The zero-order valence-electron chi connectivity index (χ0n) is 14.6. The molecular weight excluding hydrogens is 340 g/mol. The van der Waals surface area contributed by atoms with Crippen LogP contribution in [0.15, 0.2) is 66.0 Å². The molecule has 0 spiro atoms. The Balaban J connectivity index is 1.42. The van der Waals surface area contributed by atoms with E-state index in [2.05, 4.69) is 46.3 Å². The summed E-state index contributed by atoms with van der Waals surface area (Å²) in [5.74, 6) is -0.0135. The Morgan fingerprint density at radius 3 is 2.65 bits per heavy atom. The standard InChI is InChI=1S/C22H22N2OS/c25-21(24-19-12-11-16-8-4-9-18(16)14-19)15-23-22(20-10-5-13-26-20)17-6-2-1-3-7-17/h1-3,5-7,10-14,22-23H,4,8-9,15H2,(H,24,25)/t22-/m0/s1. The predicted octanol–water partition coefficient (Wildman–Crippen LogP) is 4.55. The minimum Gasteiger partial charge on any atom is -0.325 e. The highest BCUT2D eigenvalue weighted by molar-refractivity contribution is 7.10. The molecule has 1 aromatic heterocycles. The number of carbonyl (C=O) groups is 1. The van der Waals surface area contributed by atoms with E-state index in [4.69, 9.17) is 0 Å². The van der Waals surface area contributed by atoms with Gasteiger partial charge in [-0.05, 0) is 59.5 Å². The van der Waals surface area contributed by atoms with Gasteiger partial charge in [0.05, 0.1) is 12.6 Å². The van der Waals surface area contributed by atoms with Crippen LogP contribution in [0.1, 0.15) is 34.0 Å². The van der Waals surface area contributed by atoms with Crippen LogP contribution >= 0.6 is 11.3 Å². The lowest BCUT2D eigenvalue weighted by Crippen LogP contribution is -2.31. The highest BCUT2D eigenvalue weighted by atomic mass is 32.1. The number of fused-ring (bicyclic) bond motifs is 1. The van der Waals surface area contributed by atoms with Crippen LogP contribution < -0.4 is 10.6 Å². The molecule has 1 aliphatic carbocycles. The van der Waals surface area contributed by atoms with Gasteiger partial charge in [0.1, 0.15) is 0 Å². The van der Waals surface area contributed by atoms with Crippen LogP contribution in [0.3, 0.4) is 0 Å². The van der Waals surface area contributed by atoms with Gasteiger partial charge >= 0.3 is 0 Å². The quantitative estimate of drug-likeness (QED) is 0.675. The fourth-order valence-electron chi connectivity index (χ4n) is 3.53. The molecule has 0 radical (unpaired) electrons. The summed E-state index contributed by atoms with van der Waals surface area (Å²) in [6.07, 6.45) is 3.49. The molecule has 0 bridgehead atoms. The fraction of sp³-hybridized carbons (Fsp3) is 0.227. The molecule has 4 rings (SSSR count). The van der Waals surface area contributed by atoms with E-state index in [1.165, 1.54) is 28.0 Å². The van der Waals surface area contributed by atoms with Gasteiger partial charge in [0.25, 0.3) is 0 Å². The van der Waals surface area contributed by atoms with Crippen LogP contribution in [-0.2, 0) is 17.6 Å². The molecule has 1 heterocycles. The minimum absolute atomic E-state index is 0.0135. The van der Waals surface area contributed by atoms with Crippen molar-refractivity contribution in [2.45, 2.75) is 25.3 Å². The van der Waals surface area contributed by atoms with Crippen molar-refractivity contribution in [3.63, 3.8) is 0 Å². The van der Waals surface area contributed by atoms with Crippen molar-refractivity contribution in [2.24, 2.45) is 0 Å². The van der Waals surface area contributed by atoms with Gasteiger partial charge in [0.15, 0.2) is 0 Å². The Labute approximate surface area is 158 Å². The third-order valence-electron chi connectivity index (χ3n) is 4.81. The first-order valence-electron chi connectivity index (χ1n) is 9.03. The van der Waals surface area contributed by atoms with Crippen molar-refractivity contribution in [1.82, 2.24) is 5.32 Å². The number of rotatable bonds is 6. The summed E-state index contributed by atoms with van der Waals surface area (Å²) in [4.78, 5) is 13.7. The lowest BCUT2D eigenvalue weighted by Gasteiger charge is -2.18. The monoisotopic (exact) mass is 362 g/mol. The molecule has 26 heavy (non-hydrogen) atoms. The maximum absolute atomic E-state index is 12.4. The van der Waals surface area contributed by atoms with Gasteiger partial charge in [-0.25, -0.2) is 0 Å². The molecule has 132 valence electrons. The van der Waals surface area contributed by atoms with E-state index in [1.54, 1.807) is 11.3 Å². The number of nitrogens with one attached hydrogen (secondary N) is 2. The molecule has 0 saturated carbocycles. The summed E-state index contributed by atoms with van der Waals surface area (Å²) in [5, 5.41) is 8.50. The summed E-state index contributed by atoms with van der Waals surface area (Å²) in [7, 11) is 0. The molecule has 0 unspecified atom stereocenters. The Morgan fingerprint density at radius 1 is 1.00 bits per heavy atom. The van der Waals surface area contributed by atoms with Crippen molar-refractivity contribution in [3.8, 4) is 0 Å². The fourth-order valence-corrected chi connectivity index (χ4v) is 4.36. The molecule has 3 aromatic rings. The van der Waals surface area contributed by atoms with E-state index < -0.39 is 0 Å². The molecule has 1 aliphatic rings. The largest absolute Gasteiger partial charge is 0.325 e. The summed E-state index contributed by atoms with van der Waals surface area (Å²) < 4.78 is 0. The number of thiophene rings is 1. The van der Waals surface area contributed by atoms with E-state index in [0.29, 0.717) is 0 Å². The van der Waals surface area contributed by atoms with E-state index in [1.807, 2.05) is 30.3 Å². The van der Waals surface area contributed by atoms with Crippen molar-refractivity contribution < 1.29 is 4.79 Å². The third-order valence-corrected chi connectivity index (χ3v) is 5.75. The van der Waals surface area contributed by atoms with E-state index in [9.17, 15) is 4.79 Å². The molecular formula is C22H22N2OS. The number of hydrogen-bond acceptors (Lipinski definition) is 3. The van der Waals surface area contributed by atoms with Gasteiger partial charge in [-0.15, -0.1) is 11.3 Å². The van der Waals surface area contributed by atoms with Gasteiger partial charge in [-0.1, -0.05) is 42.5 Å². The van der Waals surface area contributed by atoms with Gasteiger partial charge in [0.2, 0.25) is 5.91 Å². The van der Waals surface area contributed by atoms with Crippen LogP contribution in [0.25, 0.3) is 0 Å². The molecule has 4 heteroatoms. The normalized spacial score (nSPS) is 14.0. The smallest absolute Gasteiger partial charge is 0.238 e. The maximum atomic E-state index is 12.4. The first-order chi connectivity index (χ1) is 12.8. The lowest BCUT2D eigenvalue weighted by molar-refractivity contribution is -0.115. The average molecular weight is 362 g/mol. The second kappa shape index (κ2) is 7.85. The van der Waals surface area contributed by atoms with Crippen molar-refractivity contribution in [3.05, 3.63) is 87.6 Å². The number of aryl methyl sites for hydroxylation is 2. The van der Waals surface area contributed by atoms with Crippen molar-refractivity contribution >= 4 is 22.9 Å². The van der Waals surface area contributed by atoms with E-state index in [-0.39, 0.29) is 18.5 Å². The Bertz CT molecular complexity index is 874. The van der Waals surface area contributed by atoms with E-state index >= 15 is 0 Å². The number of carbonyl (C=O) groups excluding carboxylic acids is 1. The first kappa shape index (κ1) is 17.0. The van der Waals surface area contributed by atoms with Crippen molar-refractivity contribution in [1.29, 1.82) is 0 Å². The number of hydrogen-bond donors (Lipinski definition) is 2. The molecule has 2 N–H and O–H groups in total. The summed E-state index contributed by atoms with van der Waals surface area (Å²) >= 11 is 1.70. The van der Waals surface area contributed by atoms with Gasteiger partial charge in [-0.3, -0.25) is 10.1 Å². The van der Waals surface area contributed by atoms with Crippen LogP contribution in [0.2, 0.25) is 0 Å². The molecule has 0 fully saturated rings. The molecule has 0 aliphatic heterocycles. The van der Waals surface area contributed by atoms with E-state index in [0.717, 1.165) is 18.5 Å². The summed E-state index contributed by atoms with van der Waals surface area (Å²) in [6.45, 7) is 0.272. The Morgan fingerprint density at radius 2 is 1.85 bits per heavy atom. The lowest BCUT2D eigenvalue weighted by atomic mass is 10.1. The highest BCUT2D eigenvalue weighted by Crippen LogP contribution is 2.26. The highest BCUT2D eigenvalue weighted by Gasteiger charge is 2.16. The molecule has 0 saturated heterocycles. The number of benzene rings is 2. The zero-order valence-corrected chi connectivity index (χ0v) is 15.4. The van der Waals surface area contributed by atoms with Crippen LogP contribution in [0.4, 0.5) is 5.69 Å². The van der Waals surface area contributed by atoms with Crippen LogP contribution in [0.5, 0.6) is 0 Å². The van der Waals surface area contributed by atoms with Crippen molar-refractivity contribution in [2.75, 3.05) is 11.9 Å². The Hall–Kier alpha value is -2.43. The first-order valence-corrected chi connectivity index (χ1v) is 9.91. The Kier molecular flexibility index (Phi) is 5.14. The topological polar surface area (TPSA) is 41.1 Å². The van der Waals surface area contributed by atoms with Gasteiger partial charge in [-0.2, -0.15) is 0 Å². The summed E-state index contributed by atoms with van der Waals surface area (Å²) in [5.41, 5.74) is 4.85. The second-order valence-electron chi connectivity index (χ2n) is 6.63. The van der Waals surface area contributed by atoms with Gasteiger partial charge in [0, 0.05) is 10.6 Å². The zero-order chi connectivity index (χ0) is 17.8. The summed E-state index contributed by atoms with van der Waals surface area (Å²) in [6, 6.07) is 20.7. The predicted molar refractivity (Wildman–Crippen MR) is 108 cm³/mol. The molecule has 1 atom stereocenters. The minimum atomic E-state index is -0.0135. The third kappa shape index (κ3) is 3.87. The SMILES string of the molecule is O=C(CN[C@@H](c1ccccc1)c1cccs1)Nc1ccc2c(c1)CCC2. The second-order valence-corrected chi connectivity index (χ2v) is 7.60. The van der Waals surface area contributed by atoms with Gasteiger partial charge < -0.3 is 5.32 Å².